The number of ether oxygens (including phenoxy) is 1. The van der Waals surface area contributed by atoms with Crippen LogP contribution < -0.4 is 4.90 Å². The lowest BCUT2D eigenvalue weighted by Crippen LogP contribution is -2.39. The number of anilines is 1. The number of hydrogen-bond acceptors (Lipinski definition) is 4. The Balaban J connectivity index is 1.57. The molecule has 0 aromatic heterocycles. The number of aryl methyl sites for hydroxylation is 1. The summed E-state index contributed by atoms with van der Waals surface area (Å²) in [6, 6.07) is 15.6. The van der Waals surface area contributed by atoms with E-state index >= 15 is 0 Å². The van der Waals surface area contributed by atoms with Crippen LogP contribution in [0.5, 0.6) is 0 Å². The molecule has 1 amide bonds. The van der Waals surface area contributed by atoms with E-state index < -0.39 is 5.60 Å². The van der Waals surface area contributed by atoms with E-state index in [1.165, 1.54) is 0 Å². The first-order chi connectivity index (χ1) is 13.1. The standard InChI is InChI=1S/C22H26N2O3/c1-17-6-2-4-8-19(17)22(26)10-11-24(16-22)21(25)18-7-3-5-9-20(18)23-12-14-27-15-13-23/h2-9,26H,10-16H2,1H3. The van der Waals surface area contributed by atoms with Crippen LogP contribution >= 0.6 is 0 Å². The number of likely N-dealkylation sites (tertiary alicyclic amines) is 1. The number of β-amino-alcohol motifs (C(OH)–C–C–N with tert-alkyl or cyclic N) is 1. The van der Waals surface area contributed by atoms with Crippen molar-refractivity contribution in [3.63, 3.8) is 0 Å². The Labute approximate surface area is 160 Å². The van der Waals surface area contributed by atoms with Gasteiger partial charge in [-0.05, 0) is 36.6 Å². The third-order valence-electron chi connectivity index (χ3n) is 5.67. The predicted molar refractivity (Wildman–Crippen MR) is 105 cm³/mol. The summed E-state index contributed by atoms with van der Waals surface area (Å²) in [6.07, 6.45) is 0.559. The normalized spacial score (nSPS) is 22.9. The summed E-state index contributed by atoms with van der Waals surface area (Å²) in [5.41, 5.74) is 2.66. The van der Waals surface area contributed by atoms with Crippen LogP contribution in [0.4, 0.5) is 5.69 Å². The molecule has 142 valence electrons. The summed E-state index contributed by atoms with van der Waals surface area (Å²) in [5, 5.41) is 11.2. The van der Waals surface area contributed by atoms with E-state index in [0.717, 1.165) is 29.9 Å². The first kappa shape index (κ1) is 18.0. The molecule has 2 aliphatic heterocycles. The number of rotatable bonds is 3. The van der Waals surface area contributed by atoms with Gasteiger partial charge in [0.2, 0.25) is 0 Å². The molecule has 2 aromatic rings. The summed E-state index contributed by atoms with van der Waals surface area (Å²) in [6.45, 7) is 5.83. The maximum atomic E-state index is 13.3. The second-order valence-electron chi connectivity index (χ2n) is 7.44. The number of nitrogens with zero attached hydrogens (tertiary/aromatic N) is 2. The fourth-order valence-corrected chi connectivity index (χ4v) is 4.19. The molecule has 5 nitrogen and oxygen atoms in total. The van der Waals surface area contributed by atoms with Gasteiger partial charge in [0.05, 0.1) is 25.3 Å². The van der Waals surface area contributed by atoms with Gasteiger partial charge in [0, 0.05) is 25.3 Å². The van der Waals surface area contributed by atoms with Gasteiger partial charge in [-0.2, -0.15) is 0 Å². The van der Waals surface area contributed by atoms with Gasteiger partial charge < -0.3 is 19.6 Å². The molecule has 0 radical (unpaired) electrons. The molecule has 2 fully saturated rings. The van der Waals surface area contributed by atoms with Crippen molar-refractivity contribution in [2.75, 3.05) is 44.3 Å². The minimum atomic E-state index is -0.977. The Morgan fingerprint density at radius 2 is 1.74 bits per heavy atom. The average Bonchev–Trinajstić information content (AvgIpc) is 3.11. The van der Waals surface area contributed by atoms with Crippen molar-refractivity contribution in [1.29, 1.82) is 0 Å². The number of carbonyl (C=O) groups excluding carboxylic acids is 1. The molecule has 1 unspecified atom stereocenters. The van der Waals surface area contributed by atoms with Crippen LogP contribution in [0.3, 0.4) is 0 Å². The largest absolute Gasteiger partial charge is 0.383 e. The van der Waals surface area contributed by atoms with Gasteiger partial charge in [-0.3, -0.25) is 4.79 Å². The number of carbonyl (C=O) groups is 1. The minimum absolute atomic E-state index is 0.0124. The molecule has 0 aliphatic carbocycles. The zero-order valence-electron chi connectivity index (χ0n) is 15.7. The molecule has 1 N–H and O–H groups in total. The topological polar surface area (TPSA) is 53.0 Å². The van der Waals surface area contributed by atoms with Crippen LogP contribution in [0.1, 0.15) is 27.9 Å². The van der Waals surface area contributed by atoms with Gasteiger partial charge in [-0.1, -0.05) is 36.4 Å². The van der Waals surface area contributed by atoms with Crippen LogP contribution in [0.2, 0.25) is 0 Å². The van der Waals surface area contributed by atoms with Crippen molar-refractivity contribution >= 4 is 11.6 Å². The molecule has 0 spiro atoms. The third kappa shape index (κ3) is 3.45. The molecule has 27 heavy (non-hydrogen) atoms. The summed E-state index contributed by atoms with van der Waals surface area (Å²) < 4.78 is 5.44. The highest BCUT2D eigenvalue weighted by atomic mass is 16.5. The van der Waals surface area contributed by atoms with E-state index in [0.29, 0.717) is 38.3 Å². The minimum Gasteiger partial charge on any atom is -0.383 e. The third-order valence-corrected chi connectivity index (χ3v) is 5.67. The molecule has 2 aliphatic rings. The quantitative estimate of drug-likeness (QED) is 0.907. The lowest BCUT2D eigenvalue weighted by molar-refractivity contribution is 0.0412. The van der Waals surface area contributed by atoms with Crippen LogP contribution in [-0.4, -0.2) is 55.3 Å². The Hall–Kier alpha value is -2.37. The first-order valence-electron chi connectivity index (χ1n) is 9.58. The van der Waals surface area contributed by atoms with Crippen molar-refractivity contribution in [2.45, 2.75) is 18.9 Å². The Bertz CT molecular complexity index is 832. The van der Waals surface area contributed by atoms with Crippen LogP contribution in [0.15, 0.2) is 48.5 Å². The number of benzene rings is 2. The predicted octanol–water partition coefficient (Wildman–Crippen LogP) is 2.57. The van der Waals surface area contributed by atoms with Gasteiger partial charge in [-0.15, -0.1) is 0 Å². The maximum Gasteiger partial charge on any atom is 0.256 e. The lowest BCUT2D eigenvalue weighted by atomic mass is 9.89. The molecule has 4 rings (SSSR count). The van der Waals surface area contributed by atoms with E-state index in [1.54, 1.807) is 4.90 Å². The molecule has 0 saturated carbocycles. The van der Waals surface area contributed by atoms with Crippen molar-refractivity contribution in [1.82, 2.24) is 4.90 Å². The van der Waals surface area contributed by atoms with Gasteiger partial charge in [0.1, 0.15) is 5.60 Å². The van der Waals surface area contributed by atoms with Gasteiger partial charge in [-0.25, -0.2) is 0 Å². The highest BCUT2D eigenvalue weighted by molar-refractivity contribution is 6.00. The average molecular weight is 366 g/mol. The number of para-hydroxylation sites is 1. The monoisotopic (exact) mass is 366 g/mol. The van der Waals surface area contributed by atoms with Gasteiger partial charge in [0.15, 0.2) is 0 Å². The van der Waals surface area contributed by atoms with Crippen LogP contribution in [0.25, 0.3) is 0 Å². The Morgan fingerprint density at radius 3 is 2.52 bits per heavy atom. The molecular weight excluding hydrogens is 340 g/mol. The van der Waals surface area contributed by atoms with Gasteiger partial charge in [0.25, 0.3) is 5.91 Å². The van der Waals surface area contributed by atoms with E-state index in [-0.39, 0.29) is 5.91 Å². The van der Waals surface area contributed by atoms with E-state index in [9.17, 15) is 9.90 Å². The molecule has 2 heterocycles. The Kier molecular flexibility index (Phi) is 4.89. The number of hydrogen-bond donors (Lipinski definition) is 1. The van der Waals surface area contributed by atoms with Crippen LogP contribution in [0, 0.1) is 6.92 Å². The smallest absolute Gasteiger partial charge is 0.256 e. The summed E-state index contributed by atoms with van der Waals surface area (Å²) in [7, 11) is 0. The summed E-state index contributed by atoms with van der Waals surface area (Å²) in [5.74, 6) is -0.0124. The van der Waals surface area contributed by atoms with Crippen LogP contribution in [-0.2, 0) is 10.3 Å². The van der Waals surface area contributed by atoms with E-state index in [2.05, 4.69) is 4.90 Å². The molecule has 2 aromatic carbocycles. The molecule has 5 heteroatoms. The Morgan fingerprint density at radius 1 is 1.04 bits per heavy atom. The molecule has 0 bridgehead atoms. The zero-order chi connectivity index (χ0) is 18.9. The van der Waals surface area contributed by atoms with E-state index in [4.69, 9.17) is 4.74 Å². The first-order valence-corrected chi connectivity index (χ1v) is 9.58. The molecular formula is C22H26N2O3. The second-order valence-corrected chi connectivity index (χ2v) is 7.44. The van der Waals surface area contributed by atoms with Gasteiger partial charge >= 0.3 is 0 Å². The fraction of sp³-hybridized carbons (Fsp3) is 0.409. The maximum absolute atomic E-state index is 13.3. The van der Waals surface area contributed by atoms with E-state index in [1.807, 2.05) is 55.5 Å². The van der Waals surface area contributed by atoms with Crippen molar-refractivity contribution in [3.8, 4) is 0 Å². The number of amides is 1. The number of aliphatic hydroxyl groups is 1. The SMILES string of the molecule is Cc1ccccc1C1(O)CCN(C(=O)c2ccccc2N2CCOCC2)C1. The summed E-state index contributed by atoms with van der Waals surface area (Å²) in [4.78, 5) is 17.3. The molecule has 2 saturated heterocycles. The highest BCUT2D eigenvalue weighted by Gasteiger charge is 2.41. The van der Waals surface area contributed by atoms with Crippen molar-refractivity contribution in [2.24, 2.45) is 0 Å². The lowest BCUT2D eigenvalue weighted by Gasteiger charge is -2.31. The van der Waals surface area contributed by atoms with Crippen molar-refractivity contribution in [3.05, 3.63) is 65.2 Å². The summed E-state index contributed by atoms with van der Waals surface area (Å²) >= 11 is 0. The highest BCUT2D eigenvalue weighted by Crippen LogP contribution is 2.35. The van der Waals surface area contributed by atoms with Crippen molar-refractivity contribution < 1.29 is 14.6 Å². The fourth-order valence-electron chi connectivity index (χ4n) is 4.19. The zero-order valence-corrected chi connectivity index (χ0v) is 15.7. The second kappa shape index (κ2) is 7.33. The number of morpholine rings is 1. The molecule has 1 atom stereocenters.